The Morgan fingerprint density at radius 3 is 3.00 bits per heavy atom. The van der Waals surface area contributed by atoms with Crippen LogP contribution in [0.25, 0.3) is 0 Å². The van der Waals surface area contributed by atoms with Crippen molar-refractivity contribution in [2.24, 2.45) is 11.8 Å². The van der Waals surface area contributed by atoms with Gasteiger partial charge < -0.3 is 9.47 Å². The van der Waals surface area contributed by atoms with E-state index in [0.29, 0.717) is 12.5 Å². The fraction of sp³-hybridized carbons (Fsp3) is 0.500. The SMILES string of the molecule is COC(=O)C1[C@H](C)C12CCOc1ccccc12. The van der Waals surface area contributed by atoms with Crippen molar-refractivity contribution in [2.45, 2.75) is 18.8 Å². The number of hydrogen-bond acceptors (Lipinski definition) is 3. The molecule has 3 nitrogen and oxygen atoms in total. The Bertz CT molecular complexity index is 468. The monoisotopic (exact) mass is 232 g/mol. The van der Waals surface area contributed by atoms with Gasteiger partial charge in [0.2, 0.25) is 0 Å². The molecular formula is C14H16O3. The van der Waals surface area contributed by atoms with Gasteiger partial charge in [0.05, 0.1) is 19.6 Å². The third-order valence-electron chi connectivity index (χ3n) is 4.38. The lowest BCUT2D eigenvalue weighted by molar-refractivity contribution is -0.143. The summed E-state index contributed by atoms with van der Waals surface area (Å²) in [6.07, 6.45) is 0.908. The Kier molecular flexibility index (Phi) is 2.18. The Hall–Kier alpha value is -1.51. The molecule has 0 aromatic heterocycles. The van der Waals surface area contributed by atoms with Gasteiger partial charge in [-0.25, -0.2) is 0 Å². The fourth-order valence-corrected chi connectivity index (χ4v) is 3.41. The molecule has 1 aliphatic heterocycles. The quantitative estimate of drug-likeness (QED) is 0.696. The molecule has 2 unspecified atom stereocenters. The molecule has 2 aliphatic rings. The average molecular weight is 232 g/mol. The number of para-hydroxylation sites is 1. The van der Waals surface area contributed by atoms with Gasteiger partial charge in [-0.1, -0.05) is 25.1 Å². The van der Waals surface area contributed by atoms with E-state index in [9.17, 15) is 4.79 Å². The van der Waals surface area contributed by atoms with Gasteiger partial charge in [0, 0.05) is 11.0 Å². The normalized spacial score (nSPS) is 33.8. The van der Waals surface area contributed by atoms with Crippen LogP contribution in [0.4, 0.5) is 0 Å². The zero-order chi connectivity index (χ0) is 12.0. The highest BCUT2D eigenvalue weighted by molar-refractivity contribution is 5.80. The smallest absolute Gasteiger partial charge is 0.309 e. The molecule has 1 fully saturated rings. The van der Waals surface area contributed by atoms with E-state index in [1.165, 1.54) is 12.7 Å². The molecule has 1 saturated carbocycles. The van der Waals surface area contributed by atoms with E-state index in [0.717, 1.165) is 12.2 Å². The molecule has 90 valence electrons. The second-order valence-corrected chi connectivity index (χ2v) is 4.92. The van der Waals surface area contributed by atoms with Crippen LogP contribution in [-0.4, -0.2) is 19.7 Å². The first kappa shape index (κ1) is 10.6. The standard InChI is InChI=1S/C14H16O3/c1-9-12(13(15)16-2)14(9)7-8-17-11-6-4-3-5-10(11)14/h3-6,9,12H,7-8H2,1-2H3/t9-,12?,14?/m0/s1. The van der Waals surface area contributed by atoms with E-state index >= 15 is 0 Å². The molecule has 3 heteroatoms. The molecule has 1 spiro atoms. The lowest BCUT2D eigenvalue weighted by Crippen LogP contribution is -2.25. The molecule has 17 heavy (non-hydrogen) atoms. The third-order valence-corrected chi connectivity index (χ3v) is 4.38. The lowest BCUT2D eigenvalue weighted by Gasteiger charge is -2.27. The van der Waals surface area contributed by atoms with E-state index in [2.05, 4.69) is 13.0 Å². The van der Waals surface area contributed by atoms with E-state index in [-0.39, 0.29) is 17.3 Å². The number of methoxy groups -OCH3 is 1. The Labute approximate surface area is 101 Å². The van der Waals surface area contributed by atoms with Gasteiger partial charge in [-0.15, -0.1) is 0 Å². The maximum Gasteiger partial charge on any atom is 0.309 e. The molecule has 0 radical (unpaired) electrons. The van der Waals surface area contributed by atoms with Crippen LogP contribution in [0.1, 0.15) is 18.9 Å². The largest absolute Gasteiger partial charge is 0.493 e. The molecule has 1 heterocycles. The van der Waals surface area contributed by atoms with E-state index in [1.54, 1.807) is 0 Å². The summed E-state index contributed by atoms with van der Waals surface area (Å²) < 4.78 is 10.6. The summed E-state index contributed by atoms with van der Waals surface area (Å²) >= 11 is 0. The molecule has 0 saturated heterocycles. The summed E-state index contributed by atoms with van der Waals surface area (Å²) in [7, 11) is 1.46. The zero-order valence-corrected chi connectivity index (χ0v) is 10.1. The minimum absolute atomic E-state index is 0.00227. The maximum atomic E-state index is 11.8. The molecular weight excluding hydrogens is 216 g/mol. The topological polar surface area (TPSA) is 35.5 Å². The average Bonchev–Trinajstić information content (AvgIpc) is 2.94. The van der Waals surface area contributed by atoms with Crippen molar-refractivity contribution in [2.75, 3.05) is 13.7 Å². The number of benzene rings is 1. The second-order valence-electron chi connectivity index (χ2n) is 4.92. The number of carbonyl (C=O) groups excluding carboxylic acids is 1. The number of carbonyl (C=O) groups is 1. The molecule has 1 aromatic carbocycles. The van der Waals surface area contributed by atoms with E-state index in [1.807, 2.05) is 18.2 Å². The summed E-state index contributed by atoms with van der Waals surface area (Å²) in [6, 6.07) is 8.04. The minimum Gasteiger partial charge on any atom is -0.493 e. The maximum absolute atomic E-state index is 11.8. The highest BCUT2D eigenvalue weighted by Gasteiger charge is 2.68. The van der Waals surface area contributed by atoms with Crippen LogP contribution >= 0.6 is 0 Å². The molecule has 0 N–H and O–H groups in total. The van der Waals surface area contributed by atoms with Crippen molar-refractivity contribution in [3.63, 3.8) is 0 Å². The van der Waals surface area contributed by atoms with Gasteiger partial charge in [-0.05, 0) is 18.4 Å². The van der Waals surface area contributed by atoms with Crippen LogP contribution in [0, 0.1) is 11.8 Å². The third kappa shape index (κ3) is 1.25. The van der Waals surface area contributed by atoms with Crippen LogP contribution in [-0.2, 0) is 14.9 Å². The van der Waals surface area contributed by atoms with Gasteiger partial charge in [0.25, 0.3) is 0 Å². The number of rotatable bonds is 1. The minimum atomic E-state index is -0.0887. The Balaban J connectivity index is 2.04. The van der Waals surface area contributed by atoms with Crippen LogP contribution in [0.2, 0.25) is 0 Å². The summed E-state index contributed by atoms with van der Waals surface area (Å²) in [5.74, 6) is 1.18. The summed E-state index contributed by atoms with van der Waals surface area (Å²) in [5, 5.41) is 0. The molecule has 3 rings (SSSR count). The van der Waals surface area contributed by atoms with Gasteiger partial charge in [-0.2, -0.15) is 0 Å². The molecule has 3 atom stereocenters. The summed E-state index contributed by atoms with van der Waals surface area (Å²) in [6.45, 7) is 2.82. The molecule has 1 aromatic rings. The highest BCUT2D eigenvalue weighted by Crippen LogP contribution is 2.65. The van der Waals surface area contributed by atoms with Crippen molar-refractivity contribution < 1.29 is 14.3 Å². The van der Waals surface area contributed by atoms with Crippen LogP contribution in [0.3, 0.4) is 0 Å². The van der Waals surface area contributed by atoms with Crippen LogP contribution < -0.4 is 4.74 Å². The van der Waals surface area contributed by atoms with E-state index < -0.39 is 0 Å². The predicted molar refractivity (Wildman–Crippen MR) is 62.9 cm³/mol. The second kappa shape index (κ2) is 3.49. The number of hydrogen-bond donors (Lipinski definition) is 0. The van der Waals surface area contributed by atoms with Gasteiger partial charge in [0.15, 0.2) is 0 Å². The van der Waals surface area contributed by atoms with Crippen molar-refractivity contribution in [3.05, 3.63) is 29.8 Å². The van der Waals surface area contributed by atoms with Crippen molar-refractivity contribution in [1.29, 1.82) is 0 Å². The molecule has 1 aliphatic carbocycles. The van der Waals surface area contributed by atoms with Gasteiger partial charge in [-0.3, -0.25) is 4.79 Å². The summed E-state index contributed by atoms with van der Waals surface area (Å²) in [4.78, 5) is 11.8. The van der Waals surface area contributed by atoms with Crippen LogP contribution in [0.5, 0.6) is 5.75 Å². The predicted octanol–water partition coefficient (Wildman–Crippen LogP) is 2.15. The molecule has 0 amide bonds. The van der Waals surface area contributed by atoms with Crippen molar-refractivity contribution in [3.8, 4) is 5.75 Å². The number of esters is 1. The first-order valence-corrected chi connectivity index (χ1v) is 6.02. The fourth-order valence-electron chi connectivity index (χ4n) is 3.41. The number of fused-ring (bicyclic) bond motifs is 2. The van der Waals surface area contributed by atoms with E-state index in [4.69, 9.17) is 9.47 Å². The van der Waals surface area contributed by atoms with Crippen LogP contribution in [0.15, 0.2) is 24.3 Å². The van der Waals surface area contributed by atoms with Crippen molar-refractivity contribution >= 4 is 5.97 Å². The first-order chi connectivity index (χ1) is 8.21. The Morgan fingerprint density at radius 2 is 2.24 bits per heavy atom. The number of ether oxygens (including phenoxy) is 2. The lowest BCUT2D eigenvalue weighted by atomic mass is 9.86. The highest BCUT2D eigenvalue weighted by atomic mass is 16.5. The Morgan fingerprint density at radius 1 is 1.47 bits per heavy atom. The van der Waals surface area contributed by atoms with Gasteiger partial charge >= 0.3 is 5.97 Å². The molecule has 0 bridgehead atoms. The summed E-state index contributed by atoms with van der Waals surface area (Å²) in [5.41, 5.74) is 1.14. The first-order valence-electron chi connectivity index (χ1n) is 6.02. The van der Waals surface area contributed by atoms with Gasteiger partial charge in [0.1, 0.15) is 5.75 Å². The zero-order valence-electron chi connectivity index (χ0n) is 10.1. The van der Waals surface area contributed by atoms with Crippen molar-refractivity contribution in [1.82, 2.24) is 0 Å².